The molecule has 0 bridgehead atoms. The first-order valence-corrected chi connectivity index (χ1v) is 7.91. The van der Waals surface area contributed by atoms with Crippen LogP contribution in [-0.2, 0) is 11.3 Å². The molecule has 0 spiro atoms. The van der Waals surface area contributed by atoms with Crippen molar-refractivity contribution in [3.63, 3.8) is 0 Å². The van der Waals surface area contributed by atoms with Gasteiger partial charge >= 0.3 is 6.09 Å². The molecule has 2 N–H and O–H groups in total. The minimum atomic E-state index is -0.610. The number of amides is 1. The summed E-state index contributed by atoms with van der Waals surface area (Å²) in [5, 5.41) is 12.8. The van der Waals surface area contributed by atoms with Gasteiger partial charge in [0.15, 0.2) is 11.6 Å². The monoisotopic (exact) mass is 324 g/mol. The van der Waals surface area contributed by atoms with Crippen LogP contribution in [0.15, 0.2) is 18.2 Å². The van der Waals surface area contributed by atoms with Gasteiger partial charge in [-0.05, 0) is 39.2 Å². The Balaban J connectivity index is 1.76. The number of likely N-dealkylation sites (tertiary alicyclic amines) is 1. The Hall–Kier alpha value is -1.82. The number of benzene rings is 1. The van der Waals surface area contributed by atoms with Crippen molar-refractivity contribution in [3.8, 4) is 5.75 Å². The molecule has 1 saturated heterocycles. The number of ether oxygens (including phenoxy) is 1. The summed E-state index contributed by atoms with van der Waals surface area (Å²) >= 11 is 0. The van der Waals surface area contributed by atoms with E-state index in [-0.39, 0.29) is 11.8 Å². The molecule has 0 radical (unpaired) electrons. The summed E-state index contributed by atoms with van der Waals surface area (Å²) in [4.78, 5) is 13.7. The zero-order chi connectivity index (χ0) is 17.0. The van der Waals surface area contributed by atoms with Crippen molar-refractivity contribution in [2.75, 3.05) is 19.6 Å². The van der Waals surface area contributed by atoms with Crippen LogP contribution in [0.4, 0.5) is 9.18 Å². The molecule has 2 rings (SSSR count). The maximum atomic E-state index is 13.2. The molecular weight excluding hydrogens is 299 g/mol. The fourth-order valence-corrected chi connectivity index (χ4v) is 2.61. The summed E-state index contributed by atoms with van der Waals surface area (Å²) in [6, 6.07) is 4.49. The van der Waals surface area contributed by atoms with Crippen molar-refractivity contribution >= 4 is 6.09 Å². The van der Waals surface area contributed by atoms with Crippen LogP contribution in [-0.4, -0.2) is 41.3 Å². The molecule has 1 amide bonds. The van der Waals surface area contributed by atoms with E-state index in [4.69, 9.17) is 4.74 Å². The lowest BCUT2D eigenvalue weighted by molar-refractivity contribution is 0.0288. The van der Waals surface area contributed by atoms with Gasteiger partial charge in [-0.15, -0.1) is 0 Å². The Morgan fingerprint density at radius 1 is 1.48 bits per heavy atom. The number of nitrogens with one attached hydrogen (secondary N) is 1. The third-order valence-corrected chi connectivity index (χ3v) is 3.76. The van der Waals surface area contributed by atoms with E-state index in [9.17, 15) is 14.3 Å². The Bertz CT molecular complexity index is 557. The van der Waals surface area contributed by atoms with Gasteiger partial charge in [0, 0.05) is 31.7 Å². The molecule has 6 heteroatoms. The van der Waals surface area contributed by atoms with Gasteiger partial charge in [-0.1, -0.05) is 12.1 Å². The molecule has 1 aromatic carbocycles. The second kappa shape index (κ2) is 7.17. The summed E-state index contributed by atoms with van der Waals surface area (Å²) in [6.45, 7) is 7.99. The van der Waals surface area contributed by atoms with Crippen LogP contribution in [0.5, 0.6) is 5.75 Å². The van der Waals surface area contributed by atoms with E-state index < -0.39 is 11.4 Å². The first-order valence-electron chi connectivity index (χ1n) is 7.91. The van der Waals surface area contributed by atoms with Gasteiger partial charge in [0.05, 0.1) is 0 Å². The second-order valence-corrected chi connectivity index (χ2v) is 6.96. The number of para-hydroxylation sites is 1. The van der Waals surface area contributed by atoms with E-state index in [1.807, 2.05) is 20.8 Å². The first-order chi connectivity index (χ1) is 10.8. The lowest BCUT2D eigenvalue weighted by atomic mass is 10.1. The van der Waals surface area contributed by atoms with E-state index >= 15 is 0 Å². The molecule has 1 aliphatic rings. The number of phenolic OH excluding ortho intramolecular Hbond substituents is 1. The number of carbonyl (C=O) groups excluding carboxylic acids is 1. The van der Waals surface area contributed by atoms with Crippen LogP contribution in [0.1, 0.15) is 32.8 Å². The number of aromatic hydroxyl groups is 1. The fourth-order valence-electron chi connectivity index (χ4n) is 2.61. The maximum absolute atomic E-state index is 13.2. The number of hydrogen-bond acceptors (Lipinski definition) is 4. The Morgan fingerprint density at radius 3 is 2.91 bits per heavy atom. The zero-order valence-electron chi connectivity index (χ0n) is 13.9. The van der Waals surface area contributed by atoms with Crippen LogP contribution in [0.3, 0.4) is 0 Å². The number of hydrogen-bond donors (Lipinski definition) is 2. The normalized spacial score (nSPS) is 18.3. The Morgan fingerprint density at radius 2 is 2.22 bits per heavy atom. The molecule has 1 aliphatic heterocycles. The van der Waals surface area contributed by atoms with E-state index in [1.54, 1.807) is 17.0 Å². The number of halogens is 1. The predicted octanol–water partition coefficient (Wildman–Crippen LogP) is 2.88. The predicted molar refractivity (Wildman–Crippen MR) is 85.7 cm³/mol. The number of nitrogens with zero attached hydrogens (tertiary/aromatic N) is 1. The summed E-state index contributed by atoms with van der Waals surface area (Å²) in [7, 11) is 0. The Kier molecular flexibility index (Phi) is 5.46. The first kappa shape index (κ1) is 17.5. The van der Waals surface area contributed by atoms with Crippen LogP contribution in [0, 0.1) is 11.7 Å². The van der Waals surface area contributed by atoms with Crippen molar-refractivity contribution in [3.05, 3.63) is 29.6 Å². The molecule has 0 saturated carbocycles. The van der Waals surface area contributed by atoms with Crippen molar-refractivity contribution < 1.29 is 19.0 Å². The molecule has 23 heavy (non-hydrogen) atoms. The minimum absolute atomic E-state index is 0.275. The molecule has 0 aliphatic carbocycles. The van der Waals surface area contributed by atoms with Gasteiger partial charge < -0.3 is 20.1 Å². The van der Waals surface area contributed by atoms with E-state index in [0.29, 0.717) is 37.7 Å². The highest BCUT2D eigenvalue weighted by atomic mass is 19.1. The highest BCUT2D eigenvalue weighted by Crippen LogP contribution is 2.21. The van der Waals surface area contributed by atoms with Crippen molar-refractivity contribution in [1.29, 1.82) is 0 Å². The third kappa shape index (κ3) is 5.10. The second-order valence-electron chi connectivity index (χ2n) is 6.96. The molecule has 1 heterocycles. The average Bonchev–Trinajstić information content (AvgIpc) is 2.91. The average molecular weight is 324 g/mol. The largest absolute Gasteiger partial charge is 0.505 e. The molecule has 1 fully saturated rings. The summed E-state index contributed by atoms with van der Waals surface area (Å²) < 4.78 is 18.6. The van der Waals surface area contributed by atoms with E-state index in [1.165, 1.54) is 6.07 Å². The SMILES string of the molecule is CC(C)(C)OC(=O)N1CCC(CNCc2cccc(F)c2O)C1. The standard InChI is InChI=1S/C17H25FN2O3/c1-17(2,3)23-16(22)20-8-7-12(11-20)9-19-10-13-5-4-6-14(18)15(13)21/h4-6,12,19,21H,7-11H2,1-3H3. The van der Waals surface area contributed by atoms with Gasteiger partial charge in [-0.2, -0.15) is 0 Å². The van der Waals surface area contributed by atoms with Crippen molar-refractivity contribution in [1.82, 2.24) is 10.2 Å². The number of carbonyl (C=O) groups is 1. The van der Waals surface area contributed by atoms with E-state index in [2.05, 4.69) is 5.32 Å². The summed E-state index contributed by atoms with van der Waals surface area (Å²) in [5.41, 5.74) is 0.0505. The maximum Gasteiger partial charge on any atom is 0.410 e. The number of rotatable bonds is 4. The molecule has 128 valence electrons. The van der Waals surface area contributed by atoms with Gasteiger partial charge in [0.2, 0.25) is 0 Å². The van der Waals surface area contributed by atoms with Gasteiger partial charge in [-0.3, -0.25) is 0 Å². The minimum Gasteiger partial charge on any atom is -0.505 e. The fraction of sp³-hybridized carbons (Fsp3) is 0.588. The van der Waals surface area contributed by atoms with E-state index in [0.717, 1.165) is 6.42 Å². The number of phenols is 1. The van der Waals surface area contributed by atoms with Gasteiger partial charge in [-0.25, -0.2) is 9.18 Å². The lowest BCUT2D eigenvalue weighted by Crippen LogP contribution is -2.36. The highest BCUT2D eigenvalue weighted by molar-refractivity contribution is 5.68. The van der Waals surface area contributed by atoms with Crippen molar-refractivity contribution in [2.24, 2.45) is 5.92 Å². The van der Waals surface area contributed by atoms with Crippen LogP contribution in [0.25, 0.3) is 0 Å². The topological polar surface area (TPSA) is 61.8 Å². The molecule has 1 atom stereocenters. The smallest absolute Gasteiger partial charge is 0.410 e. The Labute approximate surface area is 136 Å². The molecule has 1 aromatic rings. The molecular formula is C17H25FN2O3. The van der Waals surface area contributed by atoms with Crippen LogP contribution >= 0.6 is 0 Å². The van der Waals surface area contributed by atoms with Gasteiger partial charge in [0.25, 0.3) is 0 Å². The lowest BCUT2D eigenvalue weighted by Gasteiger charge is -2.24. The van der Waals surface area contributed by atoms with Crippen LogP contribution < -0.4 is 5.32 Å². The third-order valence-electron chi connectivity index (χ3n) is 3.76. The molecule has 5 nitrogen and oxygen atoms in total. The van der Waals surface area contributed by atoms with Crippen molar-refractivity contribution in [2.45, 2.75) is 39.3 Å². The van der Waals surface area contributed by atoms with Gasteiger partial charge in [0.1, 0.15) is 5.60 Å². The highest BCUT2D eigenvalue weighted by Gasteiger charge is 2.29. The molecule has 1 unspecified atom stereocenters. The zero-order valence-corrected chi connectivity index (χ0v) is 13.9. The summed E-state index contributed by atoms with van der Waals surface area (Å²) in [5.74, 6) is -0.582. The van der Waals surface area contributed by atoms with Crippen LogP contribution in [0.2, 0.25) is 0 Å². The quantitative estimate of drug-likeness (QED) is 0.894. The summed E-state index contributed by atoms with van der Waals surface area (Å²) in [6.07, 6.45) is 0.629. The molecule has 0 aromatic heterocycles.